The number of carbonyl (C=O) groups excluding carboxylic acids is 1. The van der Waals surface area contributed by atoms with Crippen LogP contribution in [0.2, 0.25) is 0 Å². The number of carbonyl (C=O) groups is 2. The van der Waals surface area contributed by atoms with Crippen LogP contribution in [0.15, 0.2) is 22.7 Å². The van der Waals surface area contributed by atoms with Crippen molar-refractivity contribution in [2.24, 2.45) is 11.8 Å². The second kappa shape index (κ2) is 5.28. The lowest BCUT2D eigenvalue weighted by molar-refractivity contribution is -0.142. The molecular weight excluding hydrogens is 317 g/mol. The van der Waals surface area contributed by atoms with Crippen LogP contribution >= 0.6 is 15.9 Å². The van der Waals surface area contributed by atoms with E-state index >= 15 is 0 Å². The predicted octanol–water partition coefficient (Wildman–Crippen LogP) is 2.38. The Labute approximate surface area is 118 Å². The summed E-state index contributed by atoms with van der Waals surface area (Å²) in [5.41, 5.74) is 0.227. The van der Waals surface area contributed by atoms with Gasteiger partial charge in [-0.1, -0.05) is 22.9 Å². The summed E-state index contributed by atoms with van der Waals surface area (Å²) in [5.74, 6) is -2.39. The lowest BCUT2D eigenvalue weighted by Gasteiger charge is -2.16. The molecule has 102 valence electrons. The van der Waals surface area contributed by atoms with Gasteiger partial charge in [0.05, 0.1) is 5.92 Å². The van der Waals surface area contributed by atoms with Gasteiger partial charge >= 0.3 is 5.97 Å². The van der Waals surface area contributed by atoms with E-state index in [9.17, 15) is 14.0 Å². The molecule has 6 heteroatoms. The Morgan fingerprint density at radius 1 is 1.37 bits per heavy atom. The molecule has 4 nitrogen and oxygen atoms in total. The van der Waals surface area contributed by atoms with Crippen molar-refractivity contribution in [1.29, 1.82) is 0 Å². The molecule has 0 bridgehead atoms. The smallest absolute Gasteiger partial charge is 0.308 e. The van der Waals surface area contributed by atoms with Crippen molar-refractivity contribution >= 4 is 27.8 Å². The summed E-state index contributed by atoms with van der Waals surface area (Å²) >= 11 is 3.13. The Hall–Kier alpha value is -1.43. The number of carboxylic acids is 1. The van der Waals surface area contributed by atoms with Crippen LogP contribution in [0.25, 0.3) is 0 Å². The fourth-order valence-corrected chi connectivity index (χ4v) is 2.78. The van der Waals surface area contributed by atoms with Gasteiger partial charge in [-0.05, 0) is 24.1 Å². The molecule has 0 radical (unpaired) electrons. The Balaban J connectivity index is 2.19. The molecule has 0 spiro atoms. The molecule has 1 fully saturated rings. The molecule has 1 aromatic carbocycles. The van der Waals surface area contributed by atoms with E-state index in [0.717, 1.165) is 6.07 Å². The molecule has 19 heavy (non-hydrogen) atoms. The monoisotopic (exact) mass is 329 g/mol. The van der Waals surface area contributed by atoms with Crippen LogP contribution in [0.5, 0.6) is 0 Å². The molecule has 1 N–H and O–H groups in total. The quantitative estimate of drug-likeness (QED) is 0.906. The number of halogens is 2. The van der Waals surface area contributed by atoms with Gasteiger partial charge in [0.1, 0.15) is 5.82 Å². The highest BCUT2D eigenvalue weighted by molar-refractivity contribution is 9.10. The maximum Gasteiger partial charge on any atom is 0.308 e. The fraction of sp³-hybridized carbons (Fsp3) is 0.385. The predicted molar refractivity (Wildman–Crippen MR) is 70.3 cm³/mol. The number of hydrogen-bond donors (Lipinski definition) is 1. The van der Waals surface area contributed by atoms with E-state index in [4.69, 9.17) is 5.11 Å². The van der Waals surface area contributed by atoms with Gasteiger partial charge in [-0.25, -0.2) is 4.39 Å². The number of hydrogen-bond acceptors (Lipinski definition) is 2. The Bertz CT molecular complexity index is 514. The first-order valence-corrected chi connectivity index (χ1v) is 6.66. The van der Waals surface area contributed by atoms with Gasteiger partial charge in [0.15, 0.2) is 0 Å². The first kappa shape index (κ1) is 14.0. The highest BCUT2D eigenvalue weighted by atomic mass is 79.9. The molecule has 0 aromatic heterocycles. The van der Waals surface area contributed by atoms with Crippen LogP contribution in [-0.2, 0) is 4.79 Å². The minimum absolute atomic E-state index is 0.0987. The summed E-state index contributed by atoms with van der Waals surface area (Å²) < 4.78 is 13.7. The number of nitrogens with zero attached hydrogens (tertiary/aromatic N) is 1. The van der Waals surface area contributed by atoms with Crippen molar-refractivity contribution in [3.63, 3.8) is 0 Å². The number of aliphatic carboxylic acids is 1. The van der Waals surface area contributed by atoms with Gasteiger partial charge < -0.3 is 10.0 Å². The summed E-state index contributed by atoms with van der Waals surface area (Å²) in [6, 6.07) is 3.96. The van der Waals surface area contributed by atoms with E-state index < -0.39 is 17.7 Å². The van der Waals surface area contributed by atoms with E-state index in [-0.39, 0.29) is 23.9 Å². The third-order valence-electron chi connectivity index (χ3n) is 3.33. The summed E-state index contributed by atoms with van der Waals surface area (Å²) in [7, 11) is 0. The molecule has 2 atom stereocenters. The second-order valence-electron chi connectivity index (χ2n) is 4.79. The van der Waals surface area contributed by atoms with Gasteiger partial charge in [0.2, 0.25) is 0 Å². The maximum atomic E-state index is 13.3. The van der Waals surface area contributed by atoms with Crippen molar-refractivity contribution in [1.82, 2.24) is 4.90 Å². The first-order valence-electron chi connectivity index (χ1n) is 5.86. The van der Waals surface area contributed by atoms with Crippen LogP contribution in [0.3, 0.4) is 0 Å². The third kappa shape index (κ3) is 2.94. The van der Waals surface area contributed by atoms with E-state index in [1.54, 1.807) is 6.92 Å². The summed E-state index contributed by atoms with van der Waals surface area (Å²) in [4.78, 5) is 24.7. The van der Waals surface area contributed by atoms with Gasteiger partial charge in [0.25, 0.3) is 5.91 Å². The van der Waals surface area contributed by atoms with Gasteiger partial charge in [-0.15, -0.1) is 0 Å². The molecule has 1 aliphatic heterocycles. The van der Waals surface area contributed by atoms with Gasteiger partial charge in [-0.3, -0.25) is 9.59 Å². The Morgan fingerprint density at radius 3 is 2.58 bits per heavy atom. The molecule has 0 saturated carbocycles. The average molecular weight is 330 g/mol. The number of carboxylic acid groups (broad SMARTS) is 1. The largest absolute Gasteiger partial charge is 0.481 e. The van der Waals surface area contributed by atoms with Crippen LogP contribution in [0.1, 0.15) is 17.3 Å². The minimum Gasteiger partial charge on any atom is -0.481 e. The van der Waals surface area contributed by atoms with Gasteiger partial charge in [-0.2, -0.15) is 0 Å². The zero-order valence-electron chi connectivity index (χ0n) is 10.3. The summed E-state index contributed by atoms with van der Waals surface area (Å²) in [5, 5.41) is 9.04. The minimum atomic E-state index is -0.900. The summed E-state index contributed by atoms with van der Waals surface area (Å²) in [6.07, 6.45) is 0. The van der Waals surface area contributed by atoms with E-state index in [0.29, 0.717) is 11.0 Å². The van der Waals surface area contributed by atoms with Crippen LogP contribution in [0.4, 0.5) is 4.39 Å². The van der Waals surface area contributed by atoms with Crippen molar-refractivity contribution in [2.75, 3.05) is 13.1 Å². The standard InChI is InChI=1S/C13H13BrFNO3/c1-7-5-16(6-11(7)13(18)19)12(17)8-2-9(14)4-10(15)3-8/h2-4,7,11H,5-6H2,1H3,(H,18,19)/t7-,11-/m1/s1. The second-order valence-corrected chi connectivity index (χ2v) is 5.71. The number of rotatable bonds is 2. The SMILES string of the molecule is C[C@@H]1CN(C(=O)c2cc(F)cc(Br)c2)C[C@H]1C(=O)O. The molecule has 0 unspecified atom stereocenters. The zero-order valence-corrected chi connectivity index (χ0v) is 11.9. The maximum absolute atomic E-state index is 13.3. The molecule has 1 amide bonds. The third-order valence-corrected chi connectivity index (χ3v) is 3.78. The average Bonchev–Trinajstić information content (AvgIpc) is 2.69. The molecule has 0 aliphatic carbocycles. The van der Waals surface area contributed by atoms with Gasteiger partial charge in [0, 0.05) is 23.1 Å². The lowest BCUT2D eigenvalue weighted by atomic mass is 9.99. The van der Waals surface area contributed by atoms with Crippen LogP contribution in [-0.4, -0.2) is 35.0 Å². The molecule has 1 aromatic rings. The first-order chi connectivity index (χ1) is 8.88. The lowest BCUT2D eigenvalue weighted by Crippen LogP contribution is -2.30. The zero-order chi connectivity index (χ0) is 14.2. The van der Waals surface area contributed by atoms with Crippen molar-refractivity contribution in [3.05, 3.63) is 34.1 Å². The van der Waals surface area contributed by atoms with Crippen LogP contribution in [0, 0.1) is 17.7 Å². The number of likely N-dealkylation sites (tertiary alicyclic amines) is 1. The molecule has 1 saturated heterocycles. The Morgan fingerprint density at radius 2 is 2.05 bits per heavy atom. The fourth-order valence-electron chi connectivity index (χ4n) is 2.31. The topological polar surface area (TPSA) is 57.6 Å². The summed E-state index contributed by atoms with van der Waals surface area (Å²) in [6.45, 7) is 2.35. The molecular formula is C13H13BrFNO3. The van der Waals surface area contributed by atoms with Crippen LogP contribution < -0.4 is 0 Å². The number of amides is 1. The van der Waals surface area contributed by atoms with E-state index in [2.05, 4.69) is 15.9 Å². The normalized spacial score (nSPS) is 22.6. The highest BCUT2D eigenvalue weighted by Gasteiger charge is 2.37. The molecule has 1 aliphatic rings. The molecule has 1 heterocycles. The molecule has 2 rings (SSSR count). The Kier molecular flexibility index (Phi) is 3.89. The van der Waals surface area contributed by atoms with E-state index in [1.165, 1.54) is 17.0 Å². The highest BCUT2D eigenvalue weighted by Crippen LogP contribution is 2.25. The van der Waals surface area contributed by atoms with E-state index in [1.807, 2.05) is 0 Å². The van der Waals surface area contributed by atoms with Crippen molar-refractivity contribution in [2.45, 2.75) is 6.92 Å². The van der Waals surface area contributed by atoms with Crippen molar-refractivity contribution in [3.8, 4) is 0 Å². The van der Waals surface area contributed by atoms with Crippen molar-refractivity contribution < 1.29 is 19.1 Å². The number of benzene rings is 1.